The highest BCUT2D eigenvalue weighted by Crippen LogP contribution is 2.31. The molecule has 1 aliphatic heterocycles. The Hall–Kier alpha value is -2.90. The number of likely N-dealkylation sites (tertiary alicyclic amines) is 1. The molecule has 4 aromatic rings. The number of aryl methyl sites for hydroxylation is 1. The lowest BCUT2D eigenvalue weighted by molar-refractivity contribution is 0.0540. The summed E-state index contributed by atoms with van der Waals surface area (Å²) in [6.45, 7) is 5.51. The minimum atomic E-state index is 0.0227. The summed E-state index contributed by atoms with van der Waals surface area (Å²) in [4.78, 5) is 24.8. The average Bonchev–Trinajstić information content (AvgIpc) is 3.47. The van der Waals surface area contributed by atoms with E-state index in [-0.39, 0.29) is 11.9 Å². The Balaban J connectivity index is 1.40. The number of aromatic nitrogens is 2. The van der Waals surface area contributed by atoms with Crippen LogP contribution in [0.25, 0.3) is 21.7 Å². The van der Waals surface area contributed by atoms with Crippen LogP contribution < -0.4 is 5.32 Å². The van der Waals surface area contributed by atoms with Gasteiger partial charge in [-0.3, -0.25) is 4.79 Å². The third-order valence-electron chi connectivity index (χ3n) is 6.26. The van der Waals surface area contributed by atoms with Crippen molar-refractivity contribution in [3.05, 3.63) is 64.1 Å². The highest BCUT2D eigenvalue weighted by Gasteiger charge is 2.33. The first-order valence-electron chi connectivity index (χ1n) is 11.1. The summed E-state index contributed by atoms with van der Waals surface area (Å²) < 4.78 is 5.82. The Bertz CT molecular complexity index is 1290. The molecule has 3 heterocycles. The molecule has 1 saturated heterocycles. The van der Waals surface area contributed by atoms with Gasteiger partial charge in [-0.25, -0.2) is 4.98 Å². The van der Waals surface area contributed by atoms with E-state index in [1.54, 1.807) is 29.7 Å². The molecule has 33 heavy (non-hydrogen) atoms. The molecule has 2 aromatic heterocycles. The van der Waals surface area contributed by atoms with Gasteiger partial charge in [-0.1, -0.05) is 36.2 Å². The Morgan fingerprint density at radius 1 is 1.30 bits per heavy atom. The minimum Gasteiger partial charge on any atom is -0.424 e. The molecule has 0 aliphatic carbocycles. The van der Waals surface area contributed by atoms with Crippen LogP contribution in [0.3, 0.4) is 0 Å². The molecule has 0 unspecified atom stereocenters. The molecule has 1 amide bonds. The van der Waals surface area contributed by atoms with Gasteiger partial charge in [0.05, 0.1) is 11.6 Å². The molecule has 1 aliphatic rings. The van der Waals surface area contributed by atoms with Crippen molar-refractivity contribution in [3.63, 3.8) is 0 Å². The summed E-state index contributed by atoms with van der Waals surface area (Å²) in [5, 5.41) is 6.74. The van der Waals surface area contributed by atoms with Crippen molar-refractivity contribution in [3.8, 4) is 10.6 Å². The topological polar surface area (TPSA) is 71.3 Å². The zero-order valence-electron chi connectivity index (χ0n) is 18.5. The smallest absolute Gasteiger partial charge is 0.295 e. The quantitative estimate of drug-likeness (QED) is 0.364. The number of oxazole rings is 1. The van der Waals surface area contributed by atoms with E-state index in [2.05, 4.69) is 22.2 Å². The van der Waals surface area contributed by atoms with Crippen LogP contribution in [-0.4, -0.2) is 39.9 Å². The van der Waals surface area contributed by atoms with Crippen molar-refractivity contribution >= 4 is 46.0 Å². The molecule has 0 saturated carbocycles. The fraction of sp³-hybridized carbons (Fsp3) is 0.320. The molecule has 1 fully saturated rings. The maximum absolute atomic E-state index is 13.8. The number of fused-ring (bicyclic) bond motifs is 1. The van der Waals surface area contributed by atoms with E-state index in [0.29, 0.717) is 40.2 Å². The van der Waals surface area contributed by atoms with Crippen LogP contribution in [0.1, 0.15) is 35.7 Å². The number of hydrogen-bond donors (Lipinski definition) is 1. The van der Waals surface area contributed by atoms with Crippen LogP contribution in [0.2, 0.25) is 5.02 Å². The number of carbonyl (C=O) groups is 1. The number of rotatable bonds is 5. The number of thiazole rings is 1. The molecule has 2 aromatic carbocycles. The van der Waals surface area contributed by atoms with Crippen molar-refractivity contribution in [2.24, 2.45) is 5.92 Å². The lowest BCUT2D eigenvalue weighted by Crippen LogP contribution is -2.51. The van der Waals surface area contributed by atoms with Crippen LogP contribution in [0.15, 0.2) is 52.4 Å². The normalized spacial score (nSPS) is 18.6. The van der Waals surface area contributed by atoms with Crippen LogP contribution in [0.5, 0.6) is 0 Å². The molecule has 0 spiro atoms. The zero-order chi connectivity index (χ0) is 22.9. The van der Waals surface area contributed by atoms with Crippen LogP contribution in [0.4, 0.5) is 6.01 Å². The van der Waals surface area contributed by atoms with Gasteiger partial charge in [0.25, 0.3) is 11.9 Å². The van der Waals surface area contributed by atoms with Gasteiger partial charge in [-0.2, -0.15) is 4.98 Å². The molecule has 170 valence electrons. The van der Waals surface area contributed by atoms with Gasteiger partial charge >= 0.3 is 0 Å². The van der Waals surface area contributed by atoms with E-state index in [1.165, 1.54) is 0 Å². The van der Waals surface area contributed by atoms with Crippen molar-refractivity contribution in [2.45, 2.75) is 32.7 Å². The molecular weight excluding hydrogens is 456 g/mol. The Kier molecular flexibility index (Phi) is 6.08. The first kappa shape index (κ1) is 21.9. The second-order valence-corrected chi connectivity index (χ2v) is 9.91. The molecule has 5 rings (SSSR count). The van der Waals surface area contributed by atoms with Crippen LogP contribution >= 0.6 is 22.9 Å². The summed E-state index contributed by atoms with van der Waals surface area (Å²) in [5.74, 6) is 0.397. The molecule has 0 radical (unpaired) electrons. The Morgan fingerprint density at radius 2 is 2.18 bits per heavy atom. The van der Waals surface area contributed by atoms with Crippen molar-refractivity contribution in [2.75, 3.05) is 18.4 Å². The second-order valence-electron chi connectivity index (χ2n) is 8.58. The van der Waals surface area contributed by atoms with Crippen molar-refractivity contribution in [1.29, 1.82) is 0 Å². The molecule has 8 heteroatoms. The Morgan fingerprint density at radius 3 is 3.00 bits per heavy atom. The monoisotopic (exact) mass is 480 g/mol. The van der Waals surface area contributed by atoms with Gasteiger partial charge in [-0.15, -0.1) is 11.3 Å². The van der Waals surface area contributed by atoms with Gasteiger partial charge in [0.1, 0.15) is 10.5 Å². The number of benzene rings is 2. The van der Waals surface area contributed by atoms with E-state index in [1.807, 2.05) is 41.5 Å². The molecule has 0 bridgehead atoms. The number of nitrogens with one attached hydrogen (secondary N) is 1. The number of nitrogens with zero attached hydrogens (tertiary/aromatic N) is 3. The number of halogens is 1. The number of anilines is 1. The minimum absolute atomic E-state index is 0.0227. The van der Waals surface area contributed by atoms with Gasteiger partial charge in [0.2, 0.25) is 0 Å². The predicted molar refractivity (Wildman–Crippen MR) is 133 cm³/mol. The Labute approximate surface area is 201 Å². The SMILES string of the molecule is Cc1ccc(-c2nccs2)c(C(=O)N2CCC[C@@H](C)[C@H]2CNc2nc3cc(Cl)ccc3o2)c1. The second kappa shape index (κ2) is 9.15. The third kappa shape index (κ3) is 4.48. The average molecular weight is 481 g/mol. The predicted octanol–water partition coefficient (Wildman–Crippen LogP) is 6.27. The van der Waals surface area contributed by atoms with Gasteiger partial charge in [0, 0.05) is 35.3 Å². The van der Waals surface area contributed by atoms with Gasteiger partial charge in [-0.05, 0) is 49.9 Å². The first-order valence-corrected chi connectivity index (χ1v) is 12.4. The summed E-state index contributed by atoms with van der Waals surface area (Å²) in [7, 11) is 0. The lowest BCUT2D eigenvalue weighted by atomic mass is 9.89. The largest absolute Gasteiger partial charge is 0.424 e. The maximum Gasteiger partial charge on any atom is 0.295 e. The van der Waals surface area contributed by atoms with Crippen LogP contribution in [-0.2, 0) is 0 Å². The van der Waals surface area contributed by atoms with Gasteiger partial charge in [0.15, 0.2) is 5.58 Å². The van der Waals surface area contributed by atoms with Crippen LogP contribution in [0, 0.1) is 12.8 Å². The number of amides is 1. The fourth-order valence-corrected chi connectivity index (χ4v) is 5.36. The summed E-state index contributed by atoms with van der Waals surface area (Å²) in [5.41, 5.74) is 4.05. The number of piperidine rings is 1. The third-order valence-corrected chi connectivity index (χ3v) is 7.30. The molecule has 6 nitrogen and oxygen atoms in total. The highest BCUT2D eigenvalue weighted by molar-refractivity contribution is 7.13. The summed E-state index contributed by atoms with van der Waals surface area (Å²) >= 11 is 7.62. The van der Waals surface area contributed by atoms with E-state index < -0.39 is 0 Å². The molecule has 2 atom stereocenters. The molecular formula is C25H25ClN4O2S. The lowest BCUT2D eigenvalue weighted by Gasteiger charge is -2.40. The van der Waals surface area contributed by atoms with E-state index in [0.717, 1.165) is 35.5 Å². The highest BCUT2D eigenvalue weighted by atomic mass is 35.5. The van der Waals surface area contributed by atoms with E-state index in [9.17, 15) is 4.79 Å². The standard InChI is InChI=1S/C25H25ClN4O2S/c1-15-5-7-18(23-27-9-11-33-23)19(12-15)24(31)30-10-3-4-16(2)21(30)14-28-25-29-20-13-17(26)6-8-22(20)32-25/h5-9,11-13,16,21H,3-4,10,14H2,1-2H3,(H,28,29)/t16-,21-/m1/s1. The molecule has 1 N–H and O–H groups in total. The van der Waals surface area contributed by atoms with Crippen molar-refractivity contribution < 1.29 is 9.21 Å². The van der Waals surface area contributed by atoms with Gasteiger partial charge < -0.3 is 14.6 Å². The zero-order valence-corrected chi connectivity index (χ0v) is 20.1. The first-order chi connectivity index (χ1) is 16.0. The summed E-state index contributed by atoms with van der Waals surface area (Å²) in [6.07, 6.45) is 3.84. The number of carbonyl (C=O) groups excluding carboxylic acids is 1. The summed E-state index contributed by atoms with van der Waals surface area (Å²) in [6, 6.07) is 11.9. The van der Waals surface area contributed by atoms with E-state index in [4.69, 9.17) is 16.0 Å². The number of hydrogen-bond acceptors (Lipinski definition) is 6. The van der Waals surface area contributed by atoms with Crippen molar-refractivity contribution in [1.82, 2.24) is 14.9 Å². The fourth-order valence-electron chi connectivity index (χ4n) is 4.51. The van der Waals surface area contributed by atoms with E-state index >= 15 is 0 Å². The maximum atomic E-state index is 13.8.